The number of hydrogen-bond acceptors (Lipinski definition) is 3. The molecule has 0 atom stereocenters. The first-order chi connectivity index (χ1) is 4.27. The van der Waals surface area contributed by atoms with Crippen LogP contribution in [0.15, 0.2) is 4.99 Å². The lowest BCUT2D eigenvalue weighted by Gasteiger charge is -1.87. The molecule has 0 aliphatic carbocycles. The fraction of sp³-hybridized carbons (Fsp3) is 0.600. The lowest BCUT2D eigenvalue weighted by molar-refractivity contribution is -0.118. The molecule has 0 aliphatic rings. The van der Waals surface area contributed by atoms with Gasteiger partial charge in [0, 0.05) is 13.0 Å². The number of carbonyl (C=O) groups is 1. The van der Waals surface area contributed by atoms with E-state index in [1.54, 1.807) is 0 Å². The van der Waals surface area contributed by atoms with Crippen LogP contribution in [-0.2, 0) is 4.79 Å². The quantitative estimate of drug-likeness (QED) is 0.352. The molecule has 0 radical (unpaired) electrons. The summed E-state index contributed by atoms with van der Waals surface area (Å²) in [5.41, 5.74) is 4.85. The molecule has 0 fully saturated rings. The minimum absolute atomic E-state index is 0.297. The second-order valence-corrected chi connectivity index (χ2v) is 1.73. The van der Waals surface area contributed by atoms with Crippen LogP contribution in [0, 0.1) is 0 Å². The van der Waals surface area contributed by atoms with Gasteiger partial charge >= 0.3 is 0 Å². The van der Waals surface area contributed by atoms with Gasteiger partial charge in [-0.3, -0.25) is 4.79 Å². The summed E-state index contributed by atoms with van der Waals surface area (Å²) in [6, 6.07) is 0. The third-order valence-corrected chi connectivity index (χ3v) is 0.887. The van der Waals surface area contributed by atoms with Crippen molar-refractivity contribution >= 4 is 23.3 Å². The predicted octanol–water partition coefficient (Wildman–Crippen LogP) is 0.355. The van der Waals surface area contributed by atoms with Gasteiger partial charge in [0.2, 0.25) is 5.91 Å². The number of isothiocyanates is 1. The molecule has 0 heterocycles. The van der Waals surface area contributed by atoms with Crippen molar-refractivity contribution in [3.05, 3.63) is 0 Å². The molecule has 2 N–H and O–H groups in total. The first kappa shape index (κ1) is 8.27. The van der Waals surface area contributed by atoms with E-state index in [0.717, 1.165) is 0 Å². The Bertz CT molecular complexity index is 138. The summed E-state index contributed by atoms with van der Waals surface area (Å²) >= 11 is 4.30. The lowest BCUT2D eigenvalue weighted by atomic mass is 10.3. The van der Waals surface area contributed by atoms with E-state index in [-0.39, 0.29) is 5.91 Å². The number of hydrogen-bond donors (Lipinski definition) is 1. The highest BCUT2D eigenvalue weighted by Crippen LogP contribution is 1.85. The Hall–Kier alpha value is -0.730. The molecule has 1 amide bonds. The number of amides is 1. The summed E-state index contributed by atoms with van der Waals surface area (Å²) < 4.78 is 0. The van der Waals surface area contributed by atoms with E-state index in [1.165, 1.54) is 0 Å². The predicted molar refractivity (Wildman–Crippen MR) is 38.3 cm³/mol. The van der Waals surface area contributed by atoms with Crippen LogP contribution in [0.2, 0.25) is 0 Å². The van der Waals surface area contributed by atoms with Crippen molar-refractivity contribution in [2.24, 2.45) is 10.7 Å². The van der Waals surface area contributed by atoms with E-state index < -0.39 is 0 Å². The molecule has 3 nitrogen and oxygen atoms in total. The van der Waals surface area contributed by atoms with Crippen molar-refractivity contribution < 1.29 is 4.79 Å². The van der Waals surface area contributed by atoms with Gasteiger partial charge in [-0.2, -0.15) is 0 Å². The normalized spacial score (nSPS) is 8.00. The fourth-order valence-electron chi connectivity index (χ4n) is 0.378. The van der Waals surface area contributed by atoms with Crippen LogP contribution in [0.4, 0.5) is 0 Å². The van der Waals surface area contributed by atoms with Gasteiger partial charge in [0.15, 0.2) is 0 Å². The van der Waals surface area contributed by atoms with Crippen LogP contribution < -0.4 is 5.73 Å². The van der Waals surface area contributed by atoms with Gasteiger partial charge in [-0.05, 0) is 18.6 Å². The van der Waals surface area contributed by atoms with E-state index in [1.807, 2.05) is 0 Å². The standard InChI is InChI=1S/C5H8N2OS/c6-5(8)2-1-3-7-4-9/h1-3H2,(H2,6,8). The number of nitrogens with zero attached hydrogens (tertiary/aromatic N) is 1. The minimum atomic E-state index is -0.297. The second kappa shape index (κ2) is 5.41. The number of nitrogens with two attached hydrogens (primary N) is 1. The average Bonchev–Trinajstić information content (AvgIpc) is 1.80. The zero-order valence-corrected chi connectivity index (χ0v) is 5.78. The number of primary amides is 1. The third-order valence-electron chi connectivity index (χ3n) is 0.758. The molecule has 0 rings (SSSR count). The topological polar surface area (TPSA) is 55.5 Å². The molecule has 0 aliphatic heterocycles. The Morgan fingerprint density at radius 2 is 2.44 bits per heavy atom. The maximum atomic E-state index is 10.1. The maximum Gasteiger partial charge on any atom is 0.217 e. The van der Waals surface area contributed by atoms with Gasteiger partial charge in [0.25, 0.3) is 0 Å². The molecule has 9 heavy (non-hydrogen) atoms. The van der Waals surface area contributed by atoms with Crippen molar-refractivity contribution in [1.29, 1.82) is 0 Å². The first-order valence-corrected chi connectivity index (χ1v) is 3.00. The zero-order valence-electron chi connectivity index (χ0n) is 4.96. The van der Waals surface area contributed by atoms with E-state index in [2.05, 4.69) is 22.4 Å². The van der Waals surface area contributed by atoms with E-state index in [4.69, 9.17) is 5.73 Å². The molecule has 0 spiro atoms. The summed E-state index contributed by atoms with van der Waals surface area (Å²) in [7, 11) is 0. The molecular weight excluding hydrogens is 136 g/mol. The molecule has 0 unspecified atom stereocenters. The van der Waals surface area contributed by atoms with Crippen molar-refractivity contribution in [3.8, 4) is 0 Å². The number of carbonyl (C=O) groups excluding carboxylic acids is 1. The van der Waals surface area contributed by atoms with Crippen LogP contribution in [-0.4, -0.2) is 17.6 Å². The second-order valence-electron chi connectivity index (χ2n) is 1.54. The molecule has 0 aromatic heterocycles. The molecule has 0 aromatic carbocycles. The highest BCUT2D eigenvalue weighted by atomic mass is 32.1. The number of rotatable bonds is 4. The van der Waals surface area contributed by atoms with Crippen LogP contribution in [0.5, 0.6) is 0 Å². The van der Waals surface area contributed by atoms with Gasteiger partial charge in [-0.25, -0.2) is 4.99 Å². The van der Waals surface area contributed by atoms with Crippen LogP contribution in [0.25, 0.3) is 0 Å². The molecule has 0 saturated heterocycles. The summed E-state index contributed by atoms with van der Waals surface area (Å²) in [4.78, 5) is 13.7. The SMILES string of the molecule is NC(=O)CCCN=C=S. The summed E-state index contributed by atoms with van der Waals surface area (Å²) in [6.45, 7) is 0.548. The minimum Gasteiger partial charge on any atom is -0.370 e. The van der Waals surface area contributed by atoms with Crippen LogP contribution in [0.1, 0.15) is 12.8 Å². The average molecular weight is 144 g/mol. The smallest absolute Gasteiger partial charge is 0.217 e. The number of aliphatic imine (C=N–C) groups is 1. The first-order valence-electron chi connectivity index (χ1n) is 2.59. The zero-order chi connectivity index (χ0) is 7.11. The van der Waals surface area contributed by atoms with E-state index in [0.29, 0.717) is 19.4 Å². The summed E-state index contributed by atoms with van der Waals surface area (Å²) in [5, 5.41) is 2.20. The highest BCUT2D eigenvalue weighted by Gasteiger charge is 1.90. The molecule has 0 aromatic rings. The Morgan fingerprint density at radius 1 is 1.78 bits per heavy atom. The molecular formula is C5H8N2OS. The third kappa shape index (κ3) is 7.27. The molecule has 0 bridgehead atoms. The van der Waals surface area contributed by atoms with Crippen LogP contribution >= 0.6 is 12.2 Å². The van der Waals surface area contributed by atoms with Gasteiger partial charge in [0.1, 0.15) is 0 Å². The van der Waals surface area contributed by atoms with E-state index in [9.17, 15) is 4.79 Å². The Morgan fingerprint density at radius 3 is 2.89 bits per heavy atom. The van der Waals surface area contributed by atoms with Crippen molar-refractivity contribution in [2.45, 2.75) is 12.8 Å². The fourth-order valence-corrected chi connectivity index (χ4v) is 0.469. The van der Waals surface area contributed by atoms with Gasteiger partial charge in [0.05, 0.1) is 5.16 Å². The largest absolute Gasteiger partial charge is 0.370 e. The van der Waals surface area contributed by atoms with Crippen molar-refractivity contribution in [1.82, 2.24) is 0 Å². The van der Waals surface area contributed by atoms with Crippen LogP contribution in [0.3, 0.4) is 0 Å². The lowest BCUT2D eigenvalue weighted by Crippen LogP contribution is -2.10. The Balaban J connectivity index is 3.10. The van der Waals surface area contributed by atoms with Crippen molar-refractivity contribution in [2.75, 3.05) is 6.54 Å². The monoisotopic (exact) mass is 144 g/mol. The van der Waals surface area contributed by atoms with Gasteiger partial charge in [-0.15, -0.1) is 0 Å². The Labute approximate surface area is 59.0 Å². The van der Waals surface area contributed by atoms with Crippen molar-refractivity contribution in [3.63, 3.8) is 0 Å². The maximum absolute atomic E-state index is 10.1. The molecule has 4 heteroatoms. The summed E-state index contributed by atoms with van der Waals surface area (Å²) in [6.07, 6.45) is 1.04. The molecule has 50 valence electrons. The van der Waals surface area contributed by atoms with Gasteiger partial charge in [-0.1, -0.05) is 0 Å². The number of thiocarbonyl (C=S) groups is 1. The van der Waals surface area contributed by atoms with Gasteiger partial charge < -0.3 is 5.73 Å². The molecule has 0 saturated carbocycles. The van der Waals surface area contributed by atoms with E-state index >= 15 is 0 Å². The highest BCUT2D eigenvalue weighted by molar-refractivity contribution is 7.78. The summed E-state index contributed by atoms with van der Waals surface area (Å²) in [5.74, 6) is -0.297. The Kier molecular flexibility index (Phi) is 4.97.